The lowest BCUT2D eigenvalue weighted by Crippen LogP contribution is -2.53. The van der Waals surface area contributed by atoms with Crippen LogP contribution in [0.2, 0.25) is 0 Å². The first kappa shape index (κ1) is 23.6. The fraction of sp³-hybridized carbons (Fsp3) is 0.368. The standard InChI is InChI=1S/C19H24N3O9P/c1-19(2)18(23)22(10-30-32(24,25)26)17-12(31-19)6-7-15(21-17)20-11-8-13(27-3)16(29-5)14(9-11)28-4/h6-9H,10H2,1-5H3,(H,20,21)(H2,24,25,26). The summed E-state index contributed by atoms with van der Waals surface area (Å²) in [7, 11) is -0.356. The van der Waals surface area contributed by atoms with E-state index < -0.39 is 26.1 Å². The first-order valence-electron chi connectivity index (χ1n) is 9.28. The number of pyridine rings is 1. The minimum absolute atomic E-state index is 0.0419. The predicted octanol–water partition coefficient (Wildman–Crippen LogP) is 2.42. The molecular weight excluding hydrogens is 445 g/mol. The Morgan fingerprint density at radius 2 is 1.75 bits per heavy atom. The highest BCUT2D eigenvalue weighted by atomic mass is 31.2. The van der Waals surface area contributed by atoms with Crippen molar-refractivity contribution in [2.75, 3.05) is 38.3 Å². The third-order valence-corrected chi connectivity index (χ3v) is 4.96. The predicted molar refractivity (Wildman–Crippen MR) is 114 cm³/mol. The van der Waals surface area contributed by atoms with Crippen molar-refractivity contribution in [3.05, 3.63) is 24.3 Å². The van der Waals surface area contributed by atoms with Crippen LogP contribution in [-0.4, -0.2) is 54.3 Å². The molecule has 3 N–H and O–H groups in total. The van der Waals surface area contributed by atoms with Gasteiger partial charge in [-0.25, -0.2) is 9.55 Å². The van der Waals surface area contributed by atoms with E-state index in [9.17, 15) is 9.36 Å². The van der Waals surface area contributed by atoms with E-state index in [2.05, 4.69) is 14.8 Å². The Hall–Kier alpha value is -3.05. The van der Waals surface area contributed by atoms with Crippen LogP contribution in [0, 0.1) is 0 Å². The van der Waals surface area contributed by atoms with E-state index in [1.807, 2.05) is 0 Å². The van der Waals surface area contributed by atoms with Gasteiger partial charge in [0.15, 0.2) is 28.7 Å². The Morgan fingerprint density at radius 3 is 2.28 bits per heavy atom. The number of phosphoric acid groups is 1. The summed E-state index contributed by atoms with van der Waals surface area (Å²) in [5, 5.41) is 3.07. The van der Waals surface area contributed by atoms with Crippen LogP contribution in [0.4, 0.5) is 17.3 Å². The van der Waals surface area contributed by atoms with Crippen LogP contribution < -0.4 is 29.2 Å². The number of amides is 1. The number of phosphoric ester groups is 1. The van der Waals surface area contributed by atoms with Crippen LogP contribution >= 0.6 is 7.82 Å². The number of rotatable bonds is 8. The van der Waals surface area contributed by atoms with E-state index in [0.29, 0.717) is 28.8 Å². The molecule has 1 aliphatic heterocycles. The van der Waals surface area contributed by atoms with Crippen molar-refractivity contribution in [3.8, 4) is 23.0 Å². The van der Waals surface area contributed by atoms with Crippen molar-refractivity contribution in [3.63, 3.8) is 0 Å². The van der Waals surface area contributed by atoms with E-state index in [0.717, 1.165) is 4.90 Å². The molecule has 12 nitrogen and oxygen atoms in total. The monoisotopic (exact) mass is 469 g/mol. The van der Waals surface area contributed by atoms with Crippen LogP contribution in [0.3, 0.4) is 0 Å². The van der Waals surface area contributed by atoms with Gasteiger partial charge in [0.2, 0.25) is 5.75 Å². The molecule has 1 aliphatic rings. The molecule has 0 bridgehead atoms. The Labute approximate surface area is 184 Å². The van der Waals surface area contributed by atoms with Crippen molar-refractivity contribution < 1.29 is 42.6 Å². The van der Waals surface area contributed by atoms with Gasteiger partial charge in [0.25, 0.3) is 5.91 Å². The summed E-state index contributed by atoms with van der Waals surface area (Å²) < 4.78 is 37.4. The lowest BCUT2D eigenvalue weighted by Gasteiger charge is -2.37. The molecule has 0 aliphatic carbocycles. The SMILES string of the molecule is COc1cc(Nc2ccc3c(n2)N(COP(=O)(O)O)C(=O)C(C)(C)O3)cc(OC)c1OC. The minimum Gasteiger partial charge on any atom is -0.493 e. The fourth-order valence-electron chi connectivity index (χ4n) is 3.07. The molecule has 2 heterocycles. The molecule has 0 atom stereocenters. The van der Waals surface area contributed by atoms with Gasteiger partial charge in [-0.1, -0.05) is 0 Å². The summed E-state index contributed by atoms with van der Waals surface area (Å²) in [6.45, 7) is 2.36. The minimum atomic E-state index is -4.82. The number of nitrogens with one attached hydrogen (secondary N) is 1. The number of fused-ring (bicyclic) bond motifs is 1. The largest absolute Gasteiger partial charge is 0.493 e. The molecule has 1 amide bonds. The third-order valence-electron chi connectivity index (χ3n) is 4.51. The summed E-state index contributed by atoms with van der Waals surface area (Å²) in [4.78, 5) is 36.3. The molecule has 0 radical (unpaired) electrons. The van der Waals surface area contributed by atoms with Gasteiger partial charge in [0.05, 0.1) is 21.3 Å². The van der Waals surface area contributed by atoms with Crippen molar-refractivity contribution in [2.24, 2.45) is 0 Å². The highest BCUT2D eigenvalue weighted by molar-refractivity contribution is 7.46. The zero-order valence-corrected chi connectivity index (χ0v) is 19.0. The second kappa shape index (κ2) is 8.83. The molecule has 0 saturated heterocycles. The Bertz CT molecular complexity index is 1040. The summed E-state index contributed by atoms with van der Waals surface area (Å²) in [6.07, 6.45) is 0. The zero-order valence-electron chi connectivity index (χ0n) is 18.1. The first-order valence-corrected chi connectivity index (χ1v) is 10.8. The first-order chi connectivity index (χ1) is 15.0. The highest BCUT2D eigenvalue weighted by Gasteiger charge is 2.42. The maximum absolute atomic E-state index is 12.8. The molecule has 174 valence electrons. The average Bonchev–Trinajstić information content (AvgIpc) is 2.72. The second-order valence-electron chi connectivity index (χ2n) is 7.15. The van der Waals surface area contributed by atoms with E-state index in [-0.39, 0.29) is 11.6 Å². The zero-order chi connectivity index (χ0) is 23.7. The maximum Gasteiger partial charge on any atom is 0.471 e. The second-order valence-corrected chi connectivity index (χ2v) is 8.39. The molecule has 1 aromatic heterocycles. The smallest absolute Gasteiger partial charge is 0.471 e. The quantitative estimate of drug-likeness (QED) is 0.489. The number of nitrogens with zero attached hydrogens (tertiary/aromatic N) is 2. The Morgan fingerprint density at radius 1 is 1.12 bits per heavy atom. The molecule has 13 heteroatoms. The number of carbonyl (C=O) groups excluding carboxylic acids is 1. The third kappa shape index (κ3) is 4.89. The van der Waals surface area contributed by atoms with Crippen LogP contribution in [-0.2, 0) is 13.9 Å². The Balaban J connectivity index is 1.98. The average molecular weight is 469 g/mol. The van der Waals surface area contributed by atoms with Gasteiger partial charge < -0.3 is 34.1 Å². The van der Waals surface area contributed by atoms with Crippen LogP contribution in [0.25, 0.3) is 0 Å². The molecule has 1 aromatic carbocycles. The molecule has 0 fully saturated rings. The molecule has 32 heavy (non-hydrogen) atoms. The molecule has 3 rings (SSSR count). The number of aromatic nitrogens is 1. The number of benzene rings is 1. The van der Waals surface area contributed by atoms with Crippen LogP contribution in [0.5, 0.6) is 23.0 Å². The van der Waals surface area contributed by atoms with Gasteiger partial charge in [-0.05, 0) is 26.0 Å². The van der Waals surface area contributed by atoms with Crippen molar-refractivity contribution in [1.29, 1.82) is 0 Å². The number of hydrogen-bond donors (Lipinski definition) is 3. The number of ether oxygens (including phenoxy) is 4. The topological polar surface area (TPSA) is 149 Å². The maximum atomic E-state index is 12.8. The molecule has 0 spiro atoms. The normalized spacial score (nSPS) is 15.0. The lowest BCUT2D eigenvalue weighted by molar-refractivity contribution is -0.133. The van der Waals surface area contributed by atoms with Crippen molar-refractivity contribution in [1.82, 2.24) is 4.98 Å². The fourth-order valence-corrected chi connectivity index (χ4v) is 3.34. The van der Waals surface area contributed by atoms with Gasteiger partial charge in [-0.2, -0.15) is 0 Å². The highest BCUT2D eigenvalue weighted by Crippen LogP contribution is 2.43. The Kier molecular flexibility index (Phi) is 6.51. The van der Waals surface area contributed by atoms with E-state index >= 15 is 0 Å². The number of methoxy groups -OCH3 is 3. The number of anilines is 3. The van der Waals surface area contributed by atoms with Gasteiger partial charge in [0, 0.05) is 17.8 Å². The summed E-state index contributed by atoms with van der Waals surface area (Å²) in [5.74, 6) is 1.29. The van der Waals surface area contributed by atoms with Crippen LogP contribution in [0.15, 0.2) is 24.3 Å². The van der Waals surface area contributed by atoms with Gasteiger partial charge in [-0.3, -0.25) is 14.2 Å². The molecule has 0 unspecified atom stereocenters. The number of hydrogen-bond acceptors (Lipinski definition) is 9. The molecule has 0 saturated carbocycles. The summed E-state index contributed by atoms with van der Waals surface area (Å²) in [5.41, 5.74) is -0.730. The molecular formula is C19H24N3O9P. The van der Waals surface area contributed by atoms with Gasteiger partial charge in [-0.15, -0.1) is 0 Å². The van der Waals surface area contributed by atoms with E-state index in [4.69, 9.17) is 28.7 Å². The van der Waals surface area contributed by atoms with E-state index in [1.165, 1.54) is 35.2 Å². The van der Waals surface area contributed by atoms with Crippen molar-refractivity contribution >= 4 is 31.1 Å². The number of carbonyl (C=O) groups is 1. The van der Waals surface area contributed by atoms with Gasteiger partial charge in [0.1, 0.15) is 12.5 Å². The van der Waals surface area contributed by atoms with Crippen LogP contribution in [0.1, 0.15) is 13.8 Å². The summed E-state index contributed by atoms with van der Waals surface area (Å²) >= 11 is 0. The van der Waals surface area contributed by atoms with E-state index in [1.54, 1.807) is 24.3 Å². The van der Waals surface area contributed by atoms with Gasteiger partial charge >= 0.3 is 7.82 Å². The molecule has 2 aromatic rings. The van der Waals surface area contributed by atoms with Crippen molar-refractivity contribution in [2.45, 2.75) is 19.4 Å². The lowest BCUT2D eigenvalue weighted by atomic mass is 10.1. The summed E-state index contributed by atoms with van der Waals surface area (Å²) in [6, 6.07) is 6.54.